The number of benzene rings is 1. The summed E-state index contributed by atoms with van der Waals surface area (Å²) in [5.41, 5.74) is 0.418. The number of ether oxygens (including phenoxy) is 3. The van der Waals surface area contributed by atoms with Crippen molar-refractivity contribution in [3.05, 3.63) is 23.3 Å². The molecule has 0 spiro atoms. The van der Waals surface area contributed by atoms with Crippen molar-refractivity contribution >= 4 is 11.9 Å². The first-order valence-electron chi connectivity index (χ1n) is 4.46. The van der Waals surface area contributed by atoms with Crippen LogP contribution in [0.25, 0.3) is 0 Å². The van der Waals surface area contributed by atoms with Crippen LogP contribution in [0, 0.1) is 0 Å². The summed E-state index contributed by atoms with van der Waals surface area (Å²) >= 11 is 0. The maximum atomic E-state index is 11.4. The van der Waals surface area contributed by atoms with Crippen LogP contribution in [-0.4, -0.2) is 25.2 Å². The van der Waals surface area contributed by atoms with Gasteiger partial charge >= 0.3 is 11.9 Å². The second kappa shape index (κ2) is 2.73. The van der Waals surface area contributed by atoms with Crippen LogP contribution >= 0.6 is 0 Å². The molecule has 0 unspecified atom stereocenters. The highest BCUT2D eigenvalue weighted by Crippen LogP contribution is 2.38. The van der Waals surface area contributed by atoms with E-state index in [0.717, 1.165) is 0 Å². The van der Waals surface area contributed by atoms with Gasteiger partial charge in [-0.3, -0.25) is 0 Å². The molecule has 5 nitrogen and oxygen atoms in total. The maximum Gasteiger partial charge on any atom is 0.350 e. The van der Waals surface area contributed by atoms with Gasteiger partial charge in [-0.1, -0.05) is 0 Å². The van der Waals surface area contributed by atoms with E-state index in [9.17, 15) is 9.59 Å². The highest BCUT2D eigenvalue weighted by atomic mass is 16.6. The van der Waals surface area contributed by atoms with E-state index in [-0.39, 0.29) is 11.1 Å². The van der Waals surface area contributed by atoms with Gasteiger partial charge in [0.05, 0.1) is 5.56 Å². The van der Waals surface area contributed by atoms with Crippen LogP contribution in [0.5, 0.6) is 11.5 Å². The number of hydrogen-bond acceptors (Lipinski definition) is 5. The number of carbonyl (C=O) groups is 2. The fourth-order valence-corrected chi connectivity index (χ4v) is 1.68. The average molecular weight is 206 g/mol. The Hall–Kier alpha value is -2.04. The van der Waals surface area contributed by atoms with E-state index in [1.54, 1.807) is 6.07 Å². The second-order valence-electron chi connectivity index (χ2n) is 3.19. The molecule has 1 aromatic carbocycles. The van der Waals surface area contributed by atoms with E-state index in [2.05, 4.69) is 4.74 Å². The Morgan fingerprint density at radius 3 is 2.67 bits per heavy atom. The Morgan fingerprint density at radius 1 is 1.00 bits per heavy atom. The summed E-state index contributed by atoms with van der Waals surface area (Å²) in [5, 5.41) is 0. The number of cyclic esters (lactones) is 2. The zero-order chi connectivity index (χ0) is 10.4. The van der Waals surface area contributed by atoms with Crippen LogP contribution in [0.15, 0.2) is 12.1 Å². The van der Waals surface area contributed by atoms with Gasteiger partial charge in [-0.15, -0.1) is 0 Å². The topological polar surface area (TPSA) is 61.8 Å². The molecule has 0 saturated heterocycles. The molecule has 3 rings (SSSR count). The van der Waals surface area contributed by atoms with E-state index in [1.165, 1.54) is 6.07 Å². The molecule has 0 aromatic heterocycles. The first-order valence-corrected chi connectivity index (χ1v) is 4.46. The van der Waals surface area contributed by atoms with Gasteiger partial charge in [0.2, 0.25) is 0 Å². The van der Waals surface area contributed by atoms with Crippen molar-refractivity contribution in [3.63, 3.8) is 0 Å². The molecular weight excluding hydrogens is 200 g/mol. The number of fused-ring (bicyclic) bond motifs is 3. The maximum absolute atomic E-state index is 11.4. The second-order valence-corrected chi connectivity index (χ2v) is 3.19. The molecule has 0 saturated carbocycles. The number of hydrogen-bond donors (Lipinski definition) is 0. The van der Waals surface area contributed by atoms with Crippen molar-refractivity contribution in [1.29, 1.82) is 0 Å². The van der Waals surface area contributed by atoms with E-state index >= 15 is 0 Å². The summed E-state index contributed by atoms with van der Waals surface area (Å²) in [6, 6.07) is 3.11. The smallest absolute Gasteiger partial charge is 0.350 e. The molecule has 0 N–H and O–H groups in total. The van der Waals surface area contributed by atoms with Crippen molar-refractivity contribution < 1.29 is 23.8 Å². The molecule has 0 amide bonds. The highest BCUT2D eigenvalue weighted by molar-refractivity contribution is 6.16. The summed E-state index contributed by atoms with van der Waals surface area (Å²) in [4.78, 5) is 22.6. The van der Waals surface area contributed by atoms with Crippen molar-refractivity contribution in [2.75, 3.05) is 13.2 Å². The molecule has 15 heavy (non-hydrogen) atoms. The molecule has 1 aromatic rings. The van der Waals surface area contributed by atoms with Gasteiger partial charge in [-0.25, -0.2) is 9.59 Å². The first-order chi connectivity index (χ1) is 7.27. The Morgan fingerprint density at radius 2 is 1.80 bits per heavy atom. The van der Waals surface area contributed by atoms with Gasteiger partial charge < -0.3 is 14.2 Å². The van der Waals surface area contributed by atoms with Crippen LogP contribution in [0.1, 0.15) is 20.7 Å². The van der Waals surface area contributed by atoms with E-state index in [0.29, 0.717) is 24.7 Å². The predicted molar refractivity (Wildman–Crippen MR) is 47.2 cm³/mol. The SMILES string of the molecule is O=C1OC(=O)c2c1ccc1c2OCCO1. The molecule has 0 fully saturated rings. The molecule has 2 aliphatic heterocycles. The molecule has 0 aliphatic carbocycles. The Bertz CT molecular complexity index is 477. The predicted octanol–water partition coefficient (Wildman–Crippen LogP) is 0.768. The molecule has 5 heteroatoms. The van der Waals surface area contributed by atoms with E-state index in [4.69, 9.17) is 9.47 Å². The number of esters is 2. The van der Waals surface area contributed by atoms with E-state index < -0.39 is 11.9 Å². The summed E-state index contributed by atoms with van der Waals surface area (Å²) in [6.07, 6.45) is 0. The summed E-state index contributed by atoms with van der Waals surface area (Å²) < 4.78 is 15.1. The highest BCUT2D eigenvalue weighted by Gasteiger charge is 2.35. The molecule has 2 heterocycles. The van der Waals surface area contributed by atoms with Crippen molar-refractivity contribution in [1.82, 2.24) is 0 Å². The zero-order valence-electron chi connectivity index (χ0n) is 7.61. The molecule has 0 bridgehead atoms. The van der Waals surface area contributed by atoms with Gasteiger partial charge in [0.15, 0.2) is 11.5 Å². The summed E-state index contributed by atoms with van der Waals surface area (Å²) in [5.74, 6) is -0.509. The summed E-state index contributed by atoms with van der Waals surface area (Å²) in [6.45, 7) is 0.805. The lowest BCUT2D eigenvalue weighted by atomic mass is 10.1. The van der Waals surface area contributed by atoms with Crippen molar-refractivity contribution in [2.24, 2.45) is 0 Å². The lowest BCUT2D eigenvalue weighted by Gasteiger charge is -2.19. The van der Waals surface area contributed by atoms with Gasteiger partial charge in [-0.05, 0) is 12.1 Å². The Labute approximate surface area is 84.5 Å². The fraction of sp³-hybridized carbons (Fsp3) is 0.200. The number of carbonyl (C=O) groups excluding carboxylic acids is 2. The third-order valence-electron chi connectivity index (χ3n) is 2.32. The van der Waals surface area contributed by atoms with Gasteiger partial charge in [0.1, 0.15) is 18.8 Å². The third kappa shape index (κ3) is 1.03. The first kappa shape index (κ1) is 8.28. The van der Waals surface area contributed by atoms with Crippen LogP contribution in [0.3, 0.4) is 0 Å². The molecular formula is C10H6O5. The zero-order valence-corrected chi connectivity index (χ0v) is 7.61. The third-order valence-corrected chi connectivity index (χ3v) is 2.32. The van der Waals surface area contributed by atoms with Crippen molar-refractivity contribution in [2.45, 2.75) is 0 Å². The van der Waals surface area contributed by atoms with Crippen molar-refractivity contribution in [3.8, 4) is 11.5 Å². The van der Waals surface area contributed by atoms with Gasteiger partial charge in [0.25, 0.3) is 0 Å². The van der Waals surface area contributed by atoms with Crippen LogP contribution in [0.2, 0.25) is 0 Å². The summed E-state index contributed by atoms with van der Waals surface area (Å²) in [7, 11) is 0. The Kier molecular flexibility index (Phi) is 1.50. The quantitative estimate of drug-likeness (QED) is 0.463. The van der Waals surface area contributed by atoms with Crippen LogP contribution in [0.4, 0.5) is 0 Å². The van der Waals surface area contributed by atoms with E-state index in [1.807, 2.05) is 0 Å². The number of rotatable bonds is 0. The average Bonchev–Trinajstić information content (AvgIpc) is 2.55. The van der Waals surface area contributed by atoms with Crippen LogP contribution < -0.4 is 9.47 Å². The molecule has 76 valence electrons. The van der Waals surface area contributed by atoms with Crippen LogP contribution in [-0.2, 0) is 4.74 Å². The lowest BCUT2D eigenvalue weighted by Crippen LogP contribution is -2.17. The monoisotopic (exact) mass is 206 g/mol. The minimum atomic E-state index is -0.669. The standard InChI is InChI=1S/C10H6O5/c11-9-5-1-2-6-8(14-4-3-13-6)7(5)10(12)15-9/h1-2H,3-4H2. The minimum Gasteiger partial charge on any atom is -0.486 e. The largest absolute Gasteiger partial charge is 0.486 e. The normalized spacial score (nSPS) is 17.3. The van der Waals surface area contributed by atoms with Gasteiger partial charge in [0, 0.05) is 0 Å². The molecule has 2 aliphatic rings. The lowest BCUT2D eigenvalue weighted by molar-refractivity contribution is 0.0441. The fourth-order valence-electron chi connectivity index (χ4n) is 1.68. The molecule has 0 atom stereocenters. The molecule has 0 radical (unpaired) electrons. The Balaban J connectivity index is 2.27. The minimum absolute atomic E-state index is 0.178. The van der Waals surface area contributed by atoms with Gasteiger partial charge in [-0.2, -0.15) is 0 Å².